The normalized spacial score (nSPS) is 13.4. The maximum Gasteiger partial charge on any atom is 0.227 e. The van der Waals surface area contributed by atoms with Crippen LogP contribution in [-0.2, 0) is 12.8 Å². The molecule has 4 rings (SSSR count). The van der Waals surface area contributed by atoms with Crippen LogP contribution >= 0.6 is 11.3 Å². The van der Waals surface area contributed by atoms with Crippen molar-refractivity contribution in [1.29, 1.82) is 0 Å². The first-order chi connectivity index (χ1) is 13.2. The molecule has 0 aliphatic heterocycles. The third kappa shape index (κ3) is 3.72. The molecule has 1 aliphatic rings. The highest BCUT2D eigenvalue weighted by Crippen LogP contribution is 2.39. The lowest BCUT2D eigenvalue weighted by Gasteiger charge is -2.15. The molecular formula is C19H21N5O2S. The second-order valence-corrected chi connectivity index (χ2v) is 7.45. The summed E-state index contributed by atoms with van der Waals surface area (Å²) in [5, 5.41) is 16.5. The van der Waals surface area contributed by atoms with E-state index < -0.39 is 0 Å². The summed E-state index contributed by atoms with van der Waals surface area (Å²) in [5.41, 5.74) is 3.97. The van der Waals surface area contributed by atoms with Crippen LogP contribution in [0.15, 0.2) is 30.5 Å². The summed E-state index contributed by atoms with van der Waals surface area (Å²) in [6.07, 6.45) is 3.64. The van der Waals surface area contributed by atoms with Gasteiger partial charge in [0.1, 0.15) is 5.75 Å². The number of hydrogen-bond acceptors (Lipinski definition) is 8. The number of thiazole rings is 1. The quantitative estimate of drug-likeness (QED) is 0.602. The second-order valence-electron chi connectivity index (χ2n) is 6.45. The van der Waals surface area contributed by atoms with Crippen molar-refractivity contribution in [3.63, 3.8) is 0 Å². The fourth-order valence-electron chi connectivity index (χ4n) is 2.95. The van der Waals surface area contributed by atoms with Crippen molar-refractivity contribution >= 4 is 28.1 Å². The lowest BCUT2D eigenvalue weighted by molar-refractivity contribution is 0.281. The summed E-state index contributed by atoms with van der Waals surface area (Å²) in [7, 11) is 1.64. The first kappa shape index (κ1) is 17.7. The van der Waals surface area contributed by atoms with Crippen LogP contribution < -0.4 is 15.4 Å². The van der Waals surface area contributed by atoms with Crippen LogP contribution in [0.1, 0.15) is 18.2 Å². The highest BCUT2D eigenvalue weighted by atomic mass is 32.1. The number of nitrogens with zero attached hydrogens (tertiary/aromatic N) is 3. The van der Waals surface area contributed by atoms with E-state index in [1.807, 2.05) is 37.4 Å². The van der Waals surface area contributed by atoms with E-state index in [4.69, 9.17) is 9.72 Å². The van der Waals surface area contributed by atoms with E-state index >= 15 is 0 Å². The van der Waals surface area contributed by atoms with Gasteiger partial charge in [-0.05, 0) is 37.5 Å². The van der Waals surface area contributed by atoms with Crippen LogP contribution in [0, 0.1) is 0 Å². The zero-order valence-electron chi connectivity index (χ0n) is 15.2. The predicted molar refractivity (Wildman–Crippen MR) is 107 cm³/mol. The summed E-state index contributed by atoms with van der Waals surface area (Å²) >= 11 is 1.57. The van der Waals surface area contributed by atoms with E-state index in [-0.39, 0.29) is 12.6 Å². The van der Waals surface area contributed by atoms with Gasteiger partial charge in [-0.25, -0.2) is 15.0 Å². The van der Waals surface area contributed by atoms with Crippen molar-refractivity contribution in [2.45, 2.75) is 25.8 Å². The second kappa shape index (κ2) is 7.50. The van der Waals surface area contributed by atoms with Gasteiger partial charge in [-0.2, -0.15) is 0 Å². The minimum absolute atomic E-state index is 0.0345. The van der Waals surface area contributed by atoms with Gasteiger partial charge >= 0.3 is 0 Å². The summed E-state index contributed by atoms with van der Waals surface area (Å²) in [4.78, 5) is 14.9. The van der Waals surface area contributed by atoms with Crippen LogP contribution in [0.4, 0.5) is 16.8 Å². The molecule has 0 spiro atoms. The van der Waals surface area contributed by atoms with Gasteiger partial charge in [0.15, 0.2) is 5.13 Å². The van der Waals surface area contributed by atoms with Crippen molar-refractivity contribution < 1.29 is 9.84 Å². The number of ether oxygens (including phenoxy) is 1. The largest absolute Gasteiger partial charge is 0.497 e. The van der Waals surface area contributed by atoms with Crippen molar-refractivity contribution in [3.05, 3.63) is 41.7 Å². The SMILES string of the molecule is COc1cccc(Nc2ncc3c(n2)-c2sc(NC(C)CO)nc2CC3)c1. The van der Waals surface area contributed by atoms with Crippen molar-refractivity contribution in [2.75, 3.05) is 24.4 Å². The molecule has 0 saturated heterocycles. The van der Waals surface area contributed by atoms with Gasteiger partial charge in [0.05, 0.1) is 30.0 Å². The molecule has 3 N–H and O–H groups in total. The molecule has 8 heteroatoms. The lowest BCUT2D eigenvalue weighted by Crippen LogP contribution is -2.19. The minimum Gasteiger partial charge on any atom is -0.497 e. The number of anilines is 3. The molecule has 1 unspecified atom stereocenters. The average molecular weight is 383 g/mol. The van der Waals surface area contributed by atoms with Crippen LogP contribution in [0.25, 0.3) is 10.6 Å². The van der Waals surface area contributed by atoms with E-state index in [0.29, 0.717) is 5.95 Å². The van der Waals surface area contributed by atoms with E-state index in [9.17, 15) is 5.11 Å². The molecule has 0 saturated carbocycles. The van der Waals surface area contributed by atoms with Crippen molar-refractivity contribution in [1.82, 2.24) is 15.0 Å². The Labute approximate surface area is 161 Å². The number of methoxy groups -OCH3 is 1. The Morgan fingerprint density at radius 3 is 3.00 bits per heavy atom. The third-order valence-electron chi connectivity index (χ3n) is 4.38. The van der Waals surface area contributed by atoms with E-state index in [0.717, 1.165) is 51.2 Å². The van der Waals surface area contributed by atoms with Crippen molar-refractivity contribution in [3.8, 4) is 16.3 Å². The monoisotopic (exact) mass is 383 g/mol. The molecule has 2 heterocycles. The molecule has 3 aromatic rings. The van der Waals surface area contributed by atoms with Gasteiger partial charge in [0.25, 0.3) is 0 Å². The van der Waals surface area contributed by atoms with Gasteiger partial charge in [-0.3, -0.25) is 0 Å². The Morgan fingerprint density at radius 2 is 2.19 bits per heavy atom. The van der Waals surface area contributed by atoms with Crippen LogP contribution in [-0.4, -0.2) is 39.8 Å². The number of fused-ring (bicyclic) bond motifs is 3. The van der Waals surface area contributed by atoms with E-state index in [1.54, 1.807) is 18.4 Å². The fraction of sp³-hybridized carbons (Fsp3) is 0.316. The Kier molecular flexibility index (Phi) is 4.91. The van der Waals surface area contributed by atoms with Gasteiger partial charge < -0.3 is 20.5 Å². The number of hydrogen-bond donors (Lipinski definition) is 3. The molecule has 0 bridgehead atoms. The number of aromatic nitrogens is 3. The molecule has 7 nitrogen and oxygen atoms in total. The highest BCUT2D eigenvalue weighted by Gasteiger charge is 2.23. The molecule has 0 radical (unpaired) electrons. The molecule has 1 atom stereocenters. The van der Waals surface area contributed by atoms with E-state index in [2.05, 4.69) is 20.6 Å². The molecule has 27 heavy (non-hydrogen) atoms. The predicted octanol–water partition coefficient (Wildman–Crippen LogP) is 3.24. The number of benzene rings is 1. The highest BCUT2D eigenvalue weighted by molar-refractivity contribution is 7.19. The Bertz CT molecular complexity index is 959. The summed E-state index contributed by atoms with van der Waals surface area (Å²) in [5.74, 6) is 1.32. The zero-order chi connectivity index (χ0) is 18.8. The van der Waals surface area contributed by atoms with Gasteiger partial charge in [-0.15, -0.1) is 0 Å². The summed E-state index contributed by atoms with van der Waals surface area (Å²) in [6.45, 7) is 1.99. The zero-order valence-corrected chi connectivity index (χ0v) is 16.0. The maximum absolute atomic E-state index is 9.25. The average Bonchev–Trinajstić information content (AvgIpc) is 3.11. The molecule has 0 fully saturated rings. The first-order valence-corrected chi connectivity index (χ1v) is 9.62. The topological polar surface area (TPSA) is 92.2 Å². The number of aliphatic hydroxyl groups is 1. The first-order valence-electron chi connectivity index (χ1n) is 8.80. The Balaban J connectivity index is 1.63. The molecule has 2 aromatic heterocycles. The minimum atomic E-state index is -0.0345. The molecule has 1 aromatic carbocycles. The standard InChI is InChI=1S/C19H21N5O2S/c1-11(10-25)21-19-23-15-7-6-12-9-20-18(24-16(12)17(15)27-19)22-13-4-3-5-14(8-13)26-2/h3-5,8-9,11,25H,6-7,10H2,1-2H3,(H,21,23)(H,20,22,24). The van der Waals surface area contributed by atoms with Crippen molar-refractivity contribution in [2.24, 2.45) is 0 Å². The summed E-state index contributed by atoms with van der Waals surface area (Å²) in [6, 6.07) is 7.62. The number of aliphatic hydroxyl groups excluding tert-OH is 1. The number of aryl methyl sites for hydroxylation is 2. The van der Waals surface area contributed by atoms with Gasteiger partial charge in [-0.1, -0.05) is 17.4 Å². The van der Waals surface area contributed by atoms with E-state index in [1.165, 1.54) is 0 Å². The lowest BCUT2D eigenvalue weighted by atomic mass is 10.00. The van der Waals surface area contributed by atoms with Crippen LogP contribution in [0.3, 0.4) is 0 Å². The molecule has 1 aliphatic carbocycles. The molecule has 140 valence electrons. The van der Waals surface area contributed by atoms with Crippen LogP contribution in [0.2, 0.25) is 0 Å². The maximum atomic E-state index is 9.25. The fourth-order valence-corrected chi connectivity index (χ4v) is 4.10. The molecule has 0 amide bonds. The summed E-state index contributed by atoms with van der Waals surface area (Å²) < 4.78 is 5.26. The number of rotatable bonds is 6. The van der Waals surface area contributed by atoms with Crippen LogP contribution in [0.5, 0.6) is 5.75 Å². The Morgan fingerprint density at radius 1 is 1.30 bits per heavy atom. The smallest absolute Gasteiger partial charge is 0.227 e. The Hall–Kier alpha value is -2.71. The third-order valence-corrected chi connectivity index (χ3v) is 5.41. The van der Waals surface area contributed by atoms with Gasteiger partial charge in [0, 0.05) is 24.0 Å². The molecular weight excluding hydrogens is 362 g/mol. The van der Waals surface area contributed by atoms with Gasteiger partial charge in [0.2, 0.25) is 5.95 Å². The number of nitrogens with one attached hydrogen (secondary N) is 2.